The topological polar surface area (TPSA) is 108 Å². The van der Waals surface area contributed by atoms with Gasteiger partial charge in [0, 0.05) is 38.4 Å². The van der Waals surface area contributed by atoms with Gasteiger partial charge in [-0.2, -0.15) is 0 Å². The average molecular weight is 406 g/mol. The summed E-state index contributed by atoms with van der Waals surface area (Å²) in [4.78, 5) is 46.5. The lowest BCUT2D eigenvalue weighted by molar-refractivity contribution is -0.168. The molecule has 0 spiro atoms. The van der Waals surface area contributed by atoms with Crippen LogP contribution in [0.1, 0.15) is 43.1 Å². The van der Waals surface area contributed by atoms with Crippen LogP contribution in [0.5, 0.6) is 0 Å². The zero-order chi connectivity index (χ0) is 20.4. The number of rotatable bonds is 4. The van der Waals surface area contributed by atoms with Gasteiger partial charge in [-0.1, -0.05) is 0 Å². The van der Waals surface area contributed by atoms with Crippen molar-refractivity contribution in [2.24, 2.45) is 11.3 Å². The molecule has 1 aliphatic carbocycles. The molecule has 0 unspecified atom stereocenters. The van der Waals surface area contributed by atoms with Gasteiger partial charge in [0.2, 0.25) is 0 Å². The largest absolute Gasteiger partial charge is 0.466 e. The van der Waals surface area contributed by atoms with Crippen LogP contribution in [0.3, 0.4) is 0 Å². The number of fused-ring (bicyclic) bond motifs is 1. The highest BCUT2D eigenvalue weighted by atomic mass is 16.5. The van der Waals surface area contributed by atoms with Crippen molar-refractivity contribution < 1.29 is 19.1 Å². The first-order valence-electron chi connectivity index (χ1n) is 10.6. The lowest BCUT2D eigenvalue weighted by Gasteiger charge is -2.52. The Bertz CT molecular complexity index is 799. The Labute approximate surface area is 169 Å². The summed E-state index contributed by atoms with van der Waals surface area (Å²) in [6.45, 7) is 6.48. The molecule has 9 nitrogen and oxygen atoms in total. The number of aromatic amines is 2. The average Bonchev–Trinajstić information content (AvgIpc) is 3.19. The van der Waals surface area contributed by atoms with Crippen LogP contribution in [-0.2, 0) is 14.3 Å². The van der Waals surface area contributed by atoms with E-state index < -0.39 is 11.1 Å². The number of nitrogens with zero attached hydrogens (tertiary/aromatic N) is 2. The summed E-state index contributed by atoms with van der Waals surface area (Å²) in [6, 6.07) is 0.453. The predicted octanol–water partition coefficient (Wildman–Crippen LogP) is 0.599. The molecule has 160 valence electrons. The third-order valence-electron chi connectivity index (χ3n) is 6.84. The first-order chi connectivity index (χ1) is 14.0. The molecule has 3 fully saturated rings. The van der Waals surface area contributed by atoms with Gasteiger partial charge in [-0.05, 0) is 38.5 Å². The maximum absolute atomic E-state index is 13.1. The van der Waals surface area contributed by atoms with Gasteiger partial charge in [0.1, 0.15) is 5.69 Å². The molecular formula is C20H30N4O5. The Kier molecular flexibility index (Phi) is 5.78. The molecule has 29 heavy (non-hydrogen) atoms. The number of esters is 1. The third-order valence-corrected chi connectivity index (χ3v) is 6.84. The van der Waals surface area contributed by atoms with Crippen molar-refractivity contribution in [2.45, 2.75) is 38.6 Å². The molecule has 2 aliphatic heterocycles. The van der Waals surface area contributed by atoms with Crippen molar-refractivity contribution in [3.8, 4) is 0 Å². The Balaban J connectivity index is 1.53. The van der Waals surface area contributed by atoms with Crippen molar-refractivity contribution in [3.63, 3.8) is 0 Å². The molecule has 1 amide bonds. The summed E-state index contributed by atoms with van der Waals surface area (Å²) >= 11 is 0. The quantitative estimate of drug-likeness (QED) is 0.709. The van der Waals surface area contributed by atoms with Crippen molar-refractivity contribution in [3.05, 3.63) is 22.4 Å². The van der Waals surface area contributed by atoms with E-state index in [0.717, 1.165) is 45.6 Å². The second-order valence-electron chi connectivity index (χ2n) is 8.32. The fraction of sp³-hybridized carbons (Fsp3) is 0.750. The van der Waals surface area contributed by atoms with Crippen LogP contribution < -0.4 is 5.69 Å². The van der Waals surface area contributed by atoms with Crippen LogP contribution in [0.15, 0.2) is 11.0 Å². The number of likely N-dealkylation sites (tertiary alicyclic amines) is 1. The van der Waals surface area contributed by atoms with Crippen LogP contribution in [0.4, 0.5) is 0 Å². The van der Waals surface area contributed by atoms with Crippen molar-refractivity contribution in [1.29, 1.82) is 0 Å². The molecule has 9 heteroatoms. The van der Waals surface area contributed by atoms with Crippen LogP contribution >= 0.6 is 0 Å². The molecule has 3 aliphatic rings. The summed E-state index contributed by atoms with van der Waals surface area (Å²) in [6.07, 6.45) is 4.73. The van der Waals surface area contributed by atoms with Crippen LogP contribution in [0, 0.1) is 11.3 Å². The van der Waals surface area contributed by atoms with Crippen molar-refractivity contribution >= 4 is 11.9 Å². The number of amides is 1. The summed E-state index contributed by atoms with van der Waals surface area (Å²) < 4.78 is 11.0. The minimum Gasteiger partial charge on any atom is -0.466 e. The number of hydrogen-bond donors (Lipinski definition) is 2. The van der Waals surface area contributed by atoms with Gasteiger partial charge in [-0.3, -0.25) is 14.5 Å². The molecule has 1 aromatic rings. The van der Waals surface area contributed by atoms with Gasteiger partial charge in [0.15, 0.2) is 0 Å². The Hall–Kier alpha value is -2.13. The lowest BCUT2D eigenvalue weighted by atomic mass is 9.61. The number of carbonyl (C=O) groups is 2. The first-order valence-corrected chi connectivity index (χ1v) is 10.6. The third kappa shape index (κ3) is 3.85. The Morgan fingerprint density at radius 1 is 1.28 bits per heavy atom. The highest BCUT2D eigenvalue weighted by Gasteiger charge is 2.54. The smallest absolute Gasteiger partial charge is 0.323 e. The van der Waals surface area contributed by atoms with E-state index in [0.29, 0.717) is 32.2 Å². The number of ether oxygens (including phenoxy) is 2. The molecule has 1 saturated carbocycles. The second kappa shape index (κ2) is 8.31. The minimum absolute atomic E-state index is 0.189. The van der Waals surface area contributed by atoms with Gasteiger partial charge >= 0.3 is 11.7 Å². The standard InChI is InChI=1S/C20H30N4O5/c1-2-29-18(26)20-5-3-15(23-7-9-28-10-8-23)11-14(20)4-6-24(13-20)17(25)16-12-21-19(27)22-16/h12,14-15H,2-11,13H2,1H3,(H2,21,22,27)/t14-,15-,20-/m1/s1. The fourth-order valence-corrected chi connectivity index (χ4v) is 5.31. The van der Waals surface area contributed by atoms with Gasteiger partial charge in [0.25, 0.3) is 5.91 Å². The molecular weight excluding hydrogens is 376 g/mol. The van der Waals surface area contributed by atoms with E-state index in [4.69, 9.17) is 9.47 Å². The Morgan fingerprint density at radius 2 is 2.07 bits per heavy atom. The number of hydrogen-bond acceptors (Lipinski definition) is 6. The molecule has 0 radical (unpaired) electrons. The number of nitrogens with one attached hydrogen (secondary N) is 2. The molecule has 2 saturated heterocycles. The molecule has 2 N–H and O–H groups in total. The zero-order valence-electron chi connectivity index (χ0n) is 16.9. The number of aromatic nitrogens is 2. The molecule has 0 aromatic carbocycles. The number of morpholine rings is 1. The Morgan fingerprint density at radius 3 is 2.76 bits per heavy atom. The van der Waals surface area contributed by atoms with Gasteiger partial charge in [-0.15, -0.1) is 0 Å². The molecule has 0 bridgehead atoms. The second-order valence-corrected chi connectivity index (χ2v) is 8.32. The molecule has 4 rings (SSSR count). The maximum atomic E-state index is 13.1. The summed E-state index contributed by atoms with van der Waals surface area (Å²) in [5.41, 5.74) is -0.840. The van der Waals surface area contributed by atoms with E-state index in [-0.39, 0.29) is 23.5 Å². The summed E-state index contributed by atoms with van der Waals surface area (Å²) in [5.74, 6) is -0.247. The zero-order valence-corrected chi connectivity index (χ0v) is 16.9. The lowest BCUT2D eigenvalue weighted by Crippen LogP contribution is -2.59. The predicted molar refractivity (Wildman–Crippen MR) is 105 cm³/mol. The fourth-order valence-electron chi connectivity index (χ4n) is 5.31. The summed E-state index contributed by atoms with van der Waals surface area (Å²) in [5, 5.41) is 0. The highest BCUT2D eigenvalue weighted by molar-refractivity contribution is 5.92. The normalized spacial score (nSPS) is 30.6. The van der Waals surface area contributed by atoms with E-state index >= 15 is 0 Å². The van der Waals surface area contributed by atoms with Gasteiger partial charge in [-0.25, -0.2) is 4.79 Å². The maximum Gasteiger partial charge on any atom is 0.323 e. The van der Waals surface area contributed by atoms with Gasteiger partial charge < -0.3 is 24.3 Å². The van der Waals surface area contributed by atoms with E-state index in [2.05, 4.69) is 14.9 Å². The van der Waals surface area contributed by atoms with Crippen LogP contribution in [-0.4, -0.2) is 83.7 Å². The van der Waals surface area contributed by atoms with E-state index in [1.165, 1.54) is 6.20 Å². The van der Waals surface area contributed by atoms with Crippen LogP contribution in [0.25, 0.3) is 0 Å². The molecule has 3 atom stereocenters. The number of carbonyl (C=O) groups excluding carboxylic acids is 2. The highest BCUT2D eigenvalue weighted by Crippen LogP contribution is 2.48. The van der Waals surface area contributed by atoms with E-state index in [9.17, 15) is 14.4 Å². The monoisotopic (exact) mass is 406 g/mol. The summed E-state index contributed by atoms with van der Waals surface area (Å²) in [7, 11) is 0. The number of piperidine rings is 1. The first kappa shape index (κ1) is 20.2. The van der Waals surface area contributed by atoms with E-state index in [1.54, 1.807) is 4.90 Å². The van der Waals surface area contributed by atoms with Crippen molar-refractivity contribution in [1.82, 2.24) is 19.8 Å². The van der Waals surface area contributed by atoms with Gasteiger partial charge in [0.05, 0.1) is 25.2 Å². The van der Waals surface area contributed by atoms with Crippen molar-refractivity contribution in [2.75, 3.05) is 46.0 Å². The van der Waals surface area contributed by atoms with Crippen LogP contribution in [0.2, 0.25) is 0 Å². The number of imidazole rings is 1. The number of H-pyrrole nitrogens is 2. The molecule has 3 heterocycles. The SMILES string of the molecule is CCOC(=O)[C@@]12CC[C@@H](N3CCOCC3)C[C@H]1CCN(C(=O)c1c[nH]c(=O)[nH]1)C2. The molecule has 1 aromatic heterocycles. The van der Waals surface area contributed by atoms with E-state index in [1.807, 2.05) is 6.92 Å². The minimum atomic E-state index is -0.663.